The summed E-state index contributed by atoms with van der Waals surface area (Å²) >= 11 is 0. The van der Waals surface area contributed by atoms with Gasteiger partial charge in [-0.15, -0.1) is 0 Å². The molecule has 9 heteroatoms. The maximum Gasteiger partial charge on any atom is 0.187 e. The number of halogens is 1. The van der Waals surface area contributed by atoms with Crippen molar-refractivity contribution in [2.75, 3.05) is 36.0 Å². The molecular weight excluding hydrogens is 359 g/mol. The van der Waals surface area contributed by atoms with Gasteiger partial charge in [0.1, 0.15) is 18.5 Å². The van der Waals surface area contributed by atoms with Crippen molar-refractivity contribution >= 4 is 11.6 Å². The van der Waals surface area contributed by atoms with E-state index in [1.54, 1.807) is 6.33 Å². The predicted molar refractivity (Wildman–Crippen MR) is 104 cm³/mol. The first-order chi connectivity index (χ1) is 13.6. The molecule has 0 unspecified atom stereocenters. The van der Waals surface area contributed by atoms with Gasteiger partial charge in [0.25, 0.3) is 0 Å². The number of aryl methyl sites for hydroxylation is 3. The van der Waals surface area contributed by atoms with Crippen molar-refractivity contribution in [1.29, 1.82) is 0 Å². The summed E-state index contributed by atoms with van der Waals surface area (Å²) in [6, 6.07) is 3.96. The highest BCUT2D eigenvalue weighted by Crippen LogP contribution is 2.22. The lowest BCUT2D eigenvalue weighted by Crippen LogP contribution is -2.47. The summed E-state index contributed by atoms with van der Waals surface area (Å²) in [5.74, 6) is 1.66. The van der Waals surface area contributed by atoms with E-state index in [0.29, 0.717) is 31.0 Å². The number of nitrogens with zero attached hydrogens (tertiary/aromatic N) is 8. The average molecular weight is 382 g/mol. The maximum atomic E-state index is 14.5. The smallest absolute Gasteiger partial charge is 0.187 e. The highest BCUT2D eigenvalue weighted by molar-refractivity contribution is 5.48. The molecule has 28 heavy (non-hydrogen) atoms. The summed E-state index contributed by atoms with van der Waals surface area (Å²) in [7, 11) is 0. The highest BCUT2D eigenvalue weighted by atomic mass is 19.1. The van der Waals surface area contributed by atoms with Crippen molar-refractivity contribution in [2.24, 2.45) is 0 Å². The number of anilines is 2. The minimum Gasteiger partial charge on any atom is -0.353 e. The second kappa shape index (κ2) is 7.49. The second-order valence-electron chi connectivity index (χ2n) is 6.86. The van der Waals surface area contributed by atoms with Crippen LogP contribution < -0.4 is 9.80 Å². The van der Waals surface area contributed by atoms with Crippen LogP contribution in [-0.2, 0) is 6.42 Å². The van der Waals surface area contributed by atoms with E-state index in [1.165, 1.54) is 6.33 Å². The zero-order valence-electron chi connectivity index (χ0n) is 16.3. The van der Waals surface area contributed by atoms with Crippen LogP contribution in [0, 0.1) is 19.7 Å². The summed E-state index contributed by atoms with van der Waals surface area (Å²) in [6.45, 7) is 8.62. The van der Waals surface area contributed by atoms with Crippen molar-refractivity contribution in [3.63, 3.8) is 0 Å². The van der Waals surface area contributed by atoms with Gasteiger partial charge >= 0.3 is 0 Å². The van der Waals surface area contributed by atoms with Crippen LogP contribution in [0.4, 0.5) is 16.0 Å². The molecule has 3 aromatic heterocycles. The Balaban J connectivity index is 1.50. The molecule has 0 spiro atoms. The quantitative estimate of drug-likeness (QED) is 0.684. The van der Waals surface area contributed by atoms with Gasteiger partial charge in [-0.2, -0.15) is 5.10 Å². The van der Waals surface area contributed by atoms with Crippen LogP contribution in [0.5, 0.6) is 0 Å². The van der Waals surface area contributed by atoms with Crippen LogP contribution in [0.1, 0.15) is 24.0 Å². The summed E-state index contributed by atoms with van der Waals surface area (Å²) in [5, 5.41) is 4.49. The normalized spacial score (nSPS) is 14.6. The Labute approximate surface area is 163 Å². The number of hydrogen-bond donors (Lipinski definition) is 0. The molecule has 1 fully saturated rings. The van der Waals surface area contributed by atoms with Gasteiger partial charge < -0.3 is 9.80 Å². The van der Waals surface area contributed by atoms with E-state index in [-0.39, 0.29) is 5.82 Å². The Kier molecular flexibility index (Phi) is 4.89. The number of hydrogen-bond acceptors (Lipinski definition) is 7. The van der Waals surface area contributed by atoms with Gasteiger partial charge in [-0.1, -0.05) is 6.92 Å². The van der Waals surface area contributed by atoms with Crippen molar-refractivity contribution in [3.8, 4) is 5.82 Å². The Morgan fingerprint density at radius 3 is 2.25 bits per heavy atom. The van der Waals surface area contributed by atoms with Crippen LogP contribution in [0.3, 0.4) is 0 Å². The fraction of sp³-hybridized carbons (Fsp3) is 0.421. The van der Waals surface area contributed by atoms with E-state index in [9.17, 15) is 4.39 Å². The van der Waals surface area contributed by atoms with Gasteiger partial charge in [-0.25, -0.2) is 29.0 Å². The Hall–Kier alpha value is -3.10. The molecule has 0 aromatic carbocycles. The molecule has 1 aliphatic rings. The third-order valence-corrected chi connectivity index (χ3v) is 4.95. The van der Waals surface area contributed by atoms with Gasteiger partial charge in [0.15, 0.2) is 17.5 Å². The minimum atomic E-state index is -0.313. The summed E-state index contributed by atoms with van der Waals surface area (Å²) < 4.78 is 16.4. The zero-order valence-corrected chi connectivity index (χ0v) is 16.3. The number of rotatable bonds is 4. The molecule has 0 amide bonds. The third-order valence-electron chi connectivity index (χ3n) is 4.95. The molecule has 0 saturated carbocycles. The van der Waals surface area contributed by atoms with Crippen LogP contribution in [0.2, 0.25) is 0 Å². The van der Waals surface area contributed by atoms with Gasteiger partial charge in [0.2, 0.25) is 0 Å². The van der Waals surface area contributed by atoms with Crippen LogP contribution in [0.25, 0.3) is 5.82 Å². The fourth-order valence-corrected chi connectivity index (χ4v) is 3.50. The second-order valence-corrected chi connectivity index (χ2v) is 6.86. The standard InChI is InChI=1S/C19H23FN8/c1-4-15-18(20)19(24-11-21-15)27-7-5-26(6-8-27)16-10-17(23-12-22-16)28-14(3)9-13(2)25-28/h9-12H,4-8H2,1-3H3. The van der Waals surface area contributed by atoms with Gasteiger partial charge in [-0.05, 0) is 26.3 Å². The lowest BCUT2D eigenvalue weighted by molar-refractivity contribution is 0.567. The number of aromatic nitrogens is 6. The topological polar surface area (TPSA) is 75.9 Å². The first-order valence-electron chi connectivity index (χ1n) is 9.41. The molecule has 1 aliphatic heterocycles. The Morgan fingerprint density at radius 2 is 1.57 bits per heavy atom. The maximum absolute atomic E-state index is 14.5. The van der Waals surface area contributed by atoms with E-state index in [1.807, 2.05) is 42.5 Å². The molecule has 146 valence electrons. The van der Waals surface area contributed by atoms with Crippen molar-refractivity contribution in [1.82, 2.24) is 29.7 Å². The summed E-state index contributed by atoms with van der Waals surface area (Å²) in [6.07, 6.45) is 3.55. The van der Waals surface area contributed by atoms with E-state index >= 15 is 0 Å². The molecule has 4 rings (SSSR count). The minimum absolute atomic E-state index is 0.313. The van der Waals surface area contributed by atoms with Gasteiger partial charge in [0, 0.05) is 37.9 Å². The van der Waals surface area contributed by atoms with E-state index in [4.69, 9.17) is 0 Å². The van der Waals surface area contributed by atoms with Crippen molar-refractivity contribution in [2.45, 2.75) is 27.2 Å². The number of piperazine rings is 1. The molecule has 0 aliphatic carbocycles. The molecule has 8 nitrogen and oxygen atoms in total. The van der Waals surface area contributed by atoms with Crippen molar-refractivity contribution < 1.29 is 4.39 Å². The average Bonchev–Trinajstić information content (AvgIpc) is 3.06. The first kappa shape index (κ1) is 18.3. The molecular formula is C19H23FN8. The molecule has 4 heterocycles. The van der Waals surface area contributed by atoms with Crippen LogP contribution >= 0.6 is 0 Å². The summed E-state index contributed by atoms with van der Waals surface area (Å²) in [5.41, 5.74) is 2.43. The van der Waals surface area contributed by atoms with Crippen LogP contribution in [-0.4, -0.2) is 55.9 Å². The summed E-state index contributed by atoms with van der Waals surface area (Å²) in [4.78, 5) is 21.1. The van der Waals surface area contributed by atoms with Gasteiger partial charge in [-0.3, -0.25) is 0 Å². The zero-order chi connectivity index (χ0) is 19.7. The van der Waals surface area contributed by atoms with E-state index in [2.05, 4.69) is 29.9 Å². The lowest BCUT2D eigenvalue weighted by Gasteiger charge is -2.36. The van der Waals surface area contributed by atoms with E-state index in [0.717, 1.165) is 36.1 Å². The fourth-order valence-electron chi connectivity index (χ4n) is 3.50. The molecule has 0 radical (unpaired) electrons. The highest BCUT2D eigenvalue weighted by Gasteiger charge is 2.23. The monoisotopic (exact) mass is 382 g/mol. The Morgan fingerprint density at radius 1 is 0.893 bits per heavy atom. The Bertz CT molecular complexity index is 978. The van der Waals surface area contributed by atoms with Crippen LogP contribution in [0.15, 0.2) is 24.8 Å². The first-order valence-corrected chi connectivity index (χ1v) is 9.41. The van der Waals surface area contributed by atoms with E-state index < -0.39 is 0 Å². The molecule has 0 N–H and O–H groups in total. The molecule has 3 aromatic rings. The SMILES string of the molecule is CCc1ncnc(N2CCN(c3cc(-n4nc(C)cc4C)ncn3)CC2)c1F. The lowest BCUT2D eigenvalue weighted by atomic mass is 10.2. The largest absolute Gasteiger partial charge is 0.353 e. The third kappa shape index (κ3) is 3.39. The molecule has 0 atom stereocenters. The predicted octanol–water partition coefficient (Wildman–Crippen LogP) is 2.10. The molecule has 0 bridgehead atoms. The van der Waals surface area contributed by atoms with Crippen molar-refractivity contribution in [3.05, 3.63) is 47.7 Å². The molecule has 1 saturated heterocycles. The van der Waals surface area contributed by atoms with Gasteiger partial charge in [0.05, 0.1) is 11.4 Å².